The van der Waals surface area contributed by atoms with Crippen molar-refractivity contribution in [3.8, 4) is 0 Å². The second-order valence-electron chi connectivity index (χ2n) is 3.85. The molecule has 96 valence electrons. The van der Waals surface area contributed by atoms with E-state index >= 15 is 0 Å². The number of hydrogen-bond donors (Lipinski definition) is 1. The number of benzene rings is 1. The van der Waals surface area contributed by atoms with E-state index in [1.165, 1.54) is 19.9 Å². The van der Waals surface area contributed by atoms with Gasteiger partial charge in [0.1, 0.15) is 6.10 Å². The minimum Gasteiger partial charge on any atom is -0.385 e. The maximum absolute atomic E-state index is 11.8. The number of hydrogen-bond acceptors (Lipinski definition) is 3. The van der Waals surface area contributed by atoms with Gasteiger partial charge in [0.2, 0.25) is 0 Å². The van der Waals surface area contributed by atoms with Gasteiger partial charge >= 0.3 is 0 Å². The summed E-state index contributed by atoms with van der Waals surface area (Å²) in [7, 11) is -3.59. The molecule has 0 radical (unpaired) electrons. The van der Waals surface area contributed by atoms with Crippen molar-refractivity contribution in [1.29, 1.82) is 0 Å². The average Bonchev–Trinajstić information content (AvgIpc) is 2.27. The van der Waals surface area contributed by atoms with Gasteiger partial charge in [-0.1, -0.05) is 42.3 Å². The fraction of sp³-hybridized carbons (Fsp3) is 0.455. The molecule has 0 bridgehead atoms. The minimum absolute atomic E-state index is 0.134. The van der Waals surface area contributed by atoms with Gasteiger partial charge in [0.15, 0.2) is 14.0 Å². The highest BCUT2D eigenvalue weighted by atomic mass is 35.5. The maximum atomic E-state index is 11.8. The molecule has 0 aliphatic carbocycles. The lowest BCUT2D eigenvalue weighted by molar-refractivity contribution is 0.162. The first-order valence-electron chi connectivity index (χ1n) is 5.07. The molecule has 6 heteroatoms. The van der Waals surface area contributed by atoms with E-state index in [4.69, 9.17) is 23.2 Å². The van der Waals surface area contributed by atoms with Crippen LogP contribution in [0.1, 0.15) is 25.5 Å². The molecule has 1 aromatic rings. The van der Waals surface area contributed by atoms with E-state index in [2.05, 4.69) is 0 Å². The molecule has 0 heterocycles. The van der Waals surface area contributed by atoms with Crippen LogP contribution in [0.5, 0.6) is 0 Å². The lowest BCUT2D eigenvalue weighted by Crippen LogP contribution is -2.37. The SMILES string of the molecule is CCS(=O)(=O)[C@@](C)(Cl)[C@@H](O)c1cccc(Cl)c1. The Balaban J connectivity index is 3.17. The summed E-state index contributed by atoms with van der Waals surface area (Å²) in [4.78, 5) is 0. The van der Waals surface area contributed by atoms with Crippen molar-refractivity contribution in [3.05, 3.63) is 34.9 Å². The predicted octanol–water partition coefficient (Wildman–Crippen LogP) is 2.76. The van der Waals surface area contributed by atoms with Gasteiger partial charge in [-0.05, 0) is 24.6 Å². The molecular weight excluding hydrogens is 283 g/mol. The summed E-state index contributed by atoms with van der Waals surface area (Å²) < 4.78 is 21.8. The first-order chi connectivity index (χ1) is 7.72. The first kappa shape index (κ1) is 14.8. The molecule has 0 amide bonds. The molecule has 0 saturated heterocycles. The summed E-state index contributed by atoms with van der Waals surface area (Å²) in [6.45, 7) is 2.78. The van der Waals surface area contributed by atoms with Crippen LogP contribution in [0.25, 0.3) is 0 Å². The van der Waals surface area contributed by atoms with Gasteiger partial charge in [0.25, 0.3) is 0 Å². The van der Waals surface area contributed by atoms with Crippen molar-refractivity contribution >= 4 is 33.0 Å². The average molecular weight is 297 g/mol. The molecule has 0 aliphatic heterocycles. The number of halogens is 2. The molecule has 3 nitrogen and oxygen atoms in total. The molecule has 0 aromatic heterocycles. The highest BCUT2D eigenvalue weighted by Crippen LogP contribution is 2.37. The summed E-state index contributed by atoms with van der Waals surface area (Å²) >= 11 is 11.8. The Hall–Kier alpha value is -0.290. The van der Waals surface area contributed by atoms with E-state index in [1.807, 2.05) is 0 Å². The van der Waals surface area contributed by atoms with Crippen LogP contribution >= 0.6 is 23.2 Å². The highest BCUT2D eigenvalue weighted by molar-refractivity contribution is 7.94. The number of aliphatic hydroxyl groups is 1. The Labute approximate surface area is 111 Å². The van der Waals surface area contributed by atoms with Crippen LogP contribution in [-0.2, 0) is 9.84 Å². The van der Waals surface area contributed by atoms with Crippen molar-refractivity contribution in [3.63, 3.8) is 0 Å². The van der Waals surface area contributed by atoms with Crippen LogP contribution in [0.2, 0.25) is 5.02 Å². The van der Waals surface area contributed by atoms with Crippen molar-refractivity contribution < 1.29 is 13.5 Å². The normalized spacial score (nSPS) is 17.5. The lowest BCUT2D eigenvalue weighted by atomic mass is 10.1. The summed E-state index contributed by atoms with van der Waals surface area (Å²) in [5.74, 6) is -0.134. The van der Waals surface area contributed by atoms with Gasteiger partial charge in [-0.3, -0.25) is 0 Å². The molecule has 0 spiro atoms. The standard InChI is InChI=1S/C11H14Cl2O3S/c1-3-17(15,16)11(2,13)10(14)8-5-4-6-9(12)7-8/h4-7,10,14H,3H2,1-2H3/t10-,11+/m0/s1. The fourth-order valence-electron chi connectivity index (χ4n) is 1.43. The molecule has 2 atom stereocenters. The number of alkyl halides is 1. The van der Waals surface area contributed by atoms with E-state index in [-0.39, 0.29) is 5.75 Å². The maximum Gasteiger partial charge on any atom is 0.172 e. The second kappa shape index (κ2) is 5.14. The molecule has 0 fully saturated rings. The van der Waals surface area contributed by atoms with Crippen LogP contribution in [-0.4, -0.2) is 23.5 Å². The highest BCUT2D eigenvalue weighted by Gasteiger charge is 2.43. The zero-order valence-corrected chi connectivity index (χ0v) is 11.9. The number of aliphatic hydroxyl groups excluding tert-OH is 1. The monoisotopic (exact) mass is 296 g/mol. The van der Waals surface area contributed by atoms with Gasteiger partial charge in [-0.15, -0.1) is 0 Å². The minimum atomic E-state index is -3.59. The van der Waals surface area contributed by atoms with Gasteiger partial charge in [0.05, 0.1) is 0 Å². The van der Waals surface area contributed by atoms with Gasteiger partial charge < -0.3 is 5.11 Å². The van der Waals surface area contributed by atoms with Crippen molar-refractivity contribution in [2.45, 2.75) is 24.2 Å². The number of rotatable bonds is 4. The van der Waals surface area contributed by atoms with Crippen LogP contribution in [0.3, 0.4) is 0 Å². The second-order valence-corrected chi connectivity index (χ2v) is 7.95. The Kier molecular flexibility index (Phi) is 4.47. The Morgan fingerprint density at radius 1 is 1.47 bits per heavy atom. The van der Waals surface area contributed by atoms with Gasteiger partial charge in [-0.2, -0.15) is 0 Å². The number of sulfone groups is 1. The van der Waals surface area contributed by atoms with Crippen molar-refractivity contribution in [2.75, 3.05) is 5.75 Å². The van der Waals surface area contributed by atoms with E-state index < -0.39 is 20.1 Å². The molecular formula is C11H14Cl2O3S. The molecule has 17 heavy (non-hydrogen) atoms. The quantitative estimate of drug-likeness (QED) is 0.869. The van der Waals surface area contributed by atoms with Crippen LogP contribution in [0, 0.1) is 0 Å². The summed E-state index contributed by atoms with van der Waals surface area (Å²) in [6, 6.07) is 6.35. The molecule has 1 N–H and O–H groups in total. The smallest absolute Gasteiger partial charge is 0.172 e. The van der Waals surface area contributed by atoms with Crippen LogP contribution < -0.4 is 0 Å². The van der Waals surface area contributed by atoms with E-state index in [0.717, 1.165) is 0 Å². The first-order valence-corrected chi connectivity index (χ1v) is 7.48. The third-order valence-corrected chi connectivity index (χ3v) is 5.99. The molecule has 0 unspecified atom stereocenters. The predicted molar refractivity (Wildman–Crippen MR) is 70.1 cm³/mol. The Morgan fingerprint density at radius 2 is 2.06 bits per heavy atom. The summed E-state index contributed by atoms with van der Waals surface area (Å²) in [5.41, 5.74) is 0.382. The fourth-order valence-corrected chi connectivity index (χ4v) is 3.12. The molecule has 1 rings (SSSR count). The van der Waals surface area contributed by atoms with Gasteiger partial charge in [-0.25, -0.2) is 8.42 Å². The van der Waals surface area contributed by atoms with E-state index in [9.17, 15) is 13.5 Å². The third-order valence-electron chi connectivity index (χ3n) is 2.64. The third kappa shape index (κ3) is 2.94. The van der Waals surface area contributed by atoms with E-state index in [1.54, 1.807) is 18.2 Å². The summed E-state index contributed by atoms with van der Waals surface area (Å²) in [6.07, 6.45) is -1.33. The van der Waals surface area contributed by atoms with E-state index in [0.29, 0.717) is 10.6 Å². The van der Waals surface area contributed by atoms with Crippen molar-refractivity contribution in [2.24, 2.45) is 0 Å². The Morgan fingerprint density at radius 3 is 2.53 bits per heavy atom. The molecule has 1 aromatic carbocycles. The lowest BCUT2D eigenvalue weighted by Gasteiger charge is -2.27. The molecule has 0 saturated carbocycles. The topological polar surface area (TPSA) is 54.4 Å². The van der Waals surface area contributed by atoms with Crippen LogP contribution in [0.4, 0.5) is 0 Å². The van der Waals surface area contributed by atoms with Gasteiger partial charge in [0, 0.05) is 10.8 Å². The van der Waals surface area contributed by atoms with Crippen molar-refractivity contribution in [1.82, 2.24) is 0 Å². The van der Waals surface area contributed by atoms with Crippen LogP contribution in [0.15, 0.2) is 24.3 Å². The Bertz CT molecular complexity index is 497. The molecule has 0 aliphatic rings. The zero-order valence-electron chi connectivity index (χ0n) is 9.52. The summed E-state index contributed by atoms with van der Waals surface area (Å²) in [5, 5.41) is 10.5. The zero-order chi connectivity index (χ0) is 13.3. The largest absolute Gasteiger partial charge is 0.385 e.